The summed E-state index contributed by atoms with van der Waals surface area (Å²) in [6, 6.07) is 7.96. The minimum absolute atomic E-state index is 0.0413. The standard InChI is InChI=1S/C13H10ClFN4O/c1-20-11-5-4-10(19-12(11)17-13(16)18-19)7-2-3-9(15)8(14)6-7/h2-6H,1H3,(H2,16,18). The van der Waals surface area contributed by atoms with Gasteiger partial charge >= 0.3 is 0 Å². The van der Waals surface area contributed by atoms with E-state index in [2.05, 4.69) is 10.1 Å². The fourth-order valence-electron chi connectivity index (χ4n) is 1.99. The molecular formula is C13H10ClFN4O. The number of ether oxygens (including phenoxy) is 1. The van der Waals surface area contributed by atoms with Crippen molar-refractivity contribution in [1.82, 2.24) is 14.6 Å². The van der Waals surface area contributed by atoms with Gasteiger partial charge in [-0.3, -0.25) is 0 Å². The van der Waals surface area contributed by atoms with Crippen LogP contribution < -0.4 is 10.5 Å². The van der Waals surface area contributed by atoms with Crippen LogP contribution in [-0.4, -0.2) is 21.7 Å². The van der Waals surface area contributed by atoms with E-state index in [1.54, 1.807) is 18.2 Å². The molecule has 0 aliphatic heterocycles. The number of nitrogens with zero attached hydrogens (tertiary/aromatic N) is 3. The van der Waals surface area contributed by atoms with E-state index < -0.39 is 5.82 Å². The second kappa shape index (κ2) is 4.64. The molecule has 5 nitrogen and oxygen atoms in total. The lowest BCUT2D eigenvalue weighted by molar-refractivity contribution is 0.416. The number of fused-ring (bicyclic) bond motifs is 1. The number of nitrogens with two attached hydrogens (primary N) is 1. The molecule has 3 rings (SSSR count). The summed E-state index contributed by atoms with van der Waals surface area (Å²) in [7, 11) is 1.54. The smallest absolute Gasteiger partial charge is 0.240 e. The fraction of sp³-hybridized carbons (Fsp3) is 0.0769. The Hall–Kier alpha value is -2.34. The van der Waals surface area contributed by atoms with Crippen molar-refractivity contribution in [2.45, 2.75) is 0 Å². The first-order valence-corrected chi connectivity index (χ1v) is 6.12. The third-order valence-corrected chi connectivity index (χ3v) is 3.19. The lowest BCUT2D eigenvalue weighted by Gasteiger charge is -2.07. The molecule has 20 heavy (non-hydrogen) atoms. The fourth-order valence-corrected chi connectivity index (χ4v) is 2.17. The van der Waals surface area contributed by atoms with Crippen LogP contribution in [0.15, 0.2) is 30.3 Å². The van der Waals surface area contributed by atoms with Crippen LogP contribution >= 0.6 is 11.6 Å². The van der Waals surface area contributed by atoms with Crippen molar-refractivity contribution in [2.75, 3.05) is 12.8 Å². The molecule has 7 heteroatoms. The molecule has 0 aliphatic carbocycles. The molecule has 0 spiro atoms. The Balaban J connectivity index is 2.28. The molecular weight excluding hydrogens is 283 g/mol. The quantitative estimate of drug-likeness (QED) is 0.789. The Kier molecular flexibility index (Phi) is 2.94. The Morgan fingerprint density at radius 1 is 1.30 bits per heavy atom. The molecule has 0 bridgehead atoms. The van der Waals surface area contributed by atoms with E-state index in [1.165, 1.54) is 23.8 Å². The maximum atomic E-state index is 13.2. The molecule has 0 saturated heterocycles. The summed E-state index contributed by atoms with van der Waals surface area (Å²) in [5, 5.41) is 4.16. The zero-order chi connectivity index (χ0) is 14.3. The molecule has 2 heterocycles. The van der Waals surface area contributed by atoms with Crippen LogP contribution in [-0.2, 0) is 0 Å². The summed E-state index contributed by atoms with van der Waals surface area (Å²) in [6.07, 6.45) is 0. The van der Waals surface area contributed by atoms with Crippen LogP contribution in [0, 0.1) is 5.82 Å². The number of rotatable bonds is 2. The molecule has 102 valence electrons. The summed E-state index contributed by atoms with van der Waals surface area (Å²) in [4.78, 5) is 4.11. The van der Waals surface area contributed by atoms with E-state index in [1.807, 2.05) is 0 Å². The van der Waals surface area contributed by atoms with Gasteiger partial charge in [0.25, 0.3) is 0 Å². The minimum atomic E-state index is -0.474. The van der Waals surface area contributed by atoms with Crippen molar-refractivity contribution in [3.63, 3.8) is 0 Å². The van der Waals surface area contributed by atoms with Crippen LogP contribution in [0.25, 0.3) is 16.9 Å². The van der Waals surface area contributed by atoms with Crippen LogP contribution in [0.1, 0.15) is 0 Å². The molecule has 2 aromatic heterocycles. The van der Waals surface area contributed by atoms with Gasteiger partial charge in [-0.25, -0.2) is 8.91 Å². The van der Waals surface area contributed by atoms with Crippen molar-refractivity contribution >= 4 is 23.2 Å². The van der Waals surface area contributed by atoms with Gasteiger partial charge in [-0.05, 0) is 30.3 Å². The zero-order valence-corrected chi connectivity index (χ0v) is 11.2. The summed E-state index contributed by atoms with van der Waals surface area (Å²) in [6.45, 7) is 0. The van der Waals surface area contributed by atoms with Gasteiger partial charge in [0.2, 0.25) is 5.95 Å². The Morgan fingerprint density at radius 3 is 2.80 bits per heavy atom. The van der Waals surface area contributed by atoms with Gasteiger partial charge in [-0.1, -0.05) is 11.6 Å². The van der Waals surface area contributed by atoms with Gasteiger partial charge in [0, 0.05) is 5.56 Å². The predicted octanol–water partition coefficient (Wildman–Crippen LogP) is 2.78. The van der Waals surface area contributed by atoms with Gasteiger partial charge in [0.1, 0.15) is 5.82 Å². The van der Waals surface area contributed by atoms with Crippen LogP contribution in [0.3, 0.4) is 0 Å². The highest BCUT2D eigenvalue weighted by atomic mass is 35.5. The van der Waals surface area contributed by atoms with E-state index in [0.717, 1.165) is 0 Å². The van der Waals surface area contributed by atoms with Crippen molar-refractivity contribution in [3.05, 3.63) is 41.2 Å². The molecule has 0 fully saturated rings. The summed E-state index contributed by atoms with van der Waals surface area (Å²) in [5.41, 5.74) is 7.51. The van der Waals surface area contributed by atoms with Crippen LogP contribution in [0.4, 0.5) is 10.3 Å². The molecule has 0 saturated carbocycles. The number of hydrogen-bond acceptors (Lipinski definition) is 4. The predicted molar refractivity (Wildman–Crippen MR) is 74.4 cm³/mol. The Labute approximate surface area is 118 Å². The number of hydrogen-bond donors (Lipinski definition) is 1. The highest BCUT2D eigenvalue weighted by Gasteiger charge is 2.13. The zero-order valence-electron chi connectivity index (χ0n) is 10.5. The van der Waals surface area contributed by atoms with E-state index in [0.29, 0.717) is 22.7 Å². The number of pyridine rings is 1. The molecule has 2 N–H and O–H groups in total. The molecule has 0 unspecified atom stereocenters. The minimum Gasteiger partial charge on any atom is -0.493 e. The number of aromatic nitrogens is 3. The molecule has 1 aromatic carbocycles. The Morgan fingerprint density at radius 2 is 2.10 bits per heavy atom. The number of halogens is 2. The first kappa shape index (κ1) is 12.7. The monoisotopic (exact) mass is 292 g/mol. The van der Waals surface area contributed by atoms with Gasteiger partial charge in [0.05, 0.1) is 17.8 Å². The van der Waals surface area contributed by atoms with Crippen molar-refractivity contribution in [2.24, 2.45) is 0 Å². The van der Waals surface area contributed by atoms with Gasteiger partial charge in [0.15, 0.2) is 11.4 Å². The van der Waals surface area contributed by atoms with E-state index >= 15 is 0 Å². The molecule has 0 amide bonds. The highest BCUT2D eigenvalue weighted by Crippen LogP contribution is 2.28. The number of methoxy groups -OCH3 is 1. The summed E-state index contributed by atoms with van der Waals surface area (Å²) < 4.78 is 20.0. The first-order valence-electron chi connectivity index (χ1n) is 5.75. The average molecular weight is 293 g/mol. The third-order valence-electron chi connectivity index (χ3n) is 2.90. The van der Waals surface area contributed by atoms with Gasteiger partial charge < -0.3 is 10.5 Å². The highest BCUT2D eigenvalue weighted by molar-refractivity contribution is 6.31. The number of benzene rings is 1. The molecule has 0 radical (unpaired) electrons. The first-order chi connectivity index (χ1) is 9.60. The van der Waals surface area contributed by atoms with Crippen molar-refractivity contribution < 1.29 is 9.13 Å². The van der Waals surface area contributed by atoms with Gasteiger partial charge in [-0.2, -0.15) is 4.98 Å². The molecule has 0 atom stereocenters. The third kappa shape index (κ3) is 1.94. The second-order valence-corrected chi connectivity index (χ2v) is 4.53. The maximum absolute atomic E-state index is 13.2. The van der Waals surface area contributed by atoms with Crippen molar-refractivity contribution in [3.8, 4) is 17.0 Å². The van der Waals surface area contributed by atoms with E-state index in [-0.39, 0.29) is 11.0 Å². The lowest BCUT2D eigenvalue weighted by atomic mass is 10.1. The number of anilines is 1. The normalized spacial score (nSPS) is 10.9. The maximum Gasteiger partial charge on any atom is 0.240 e. The van der Waals surface area contributed by atoms with Crippen molar-refractivity contribution in [1.29, 1.82) is 0 Å². The van der Waals surface area contributed by atoms with Crippen LogP contribution in [0.2, 0.25) is 5.02 Å². The van der Waals surface area contributed by atoms with E-state index in [9.17, 15) is 4.39 Å². The van der Waals surface area contributed by atoms with Gasteiger partial charge in [-0.15, -0.1) is 5.10 Å². The SMILES string of the molecule is COc1ccc(-c2ccc(F)c(Cl)c2)n2nc(N)nc12. The van der Waals surface area contributed by atoms with E-state index in [4.69, 9.17) is 22.1 Å². The topological polar surface area (TPSA) is 65.4 Å². The molecule has 0 aliphatic rings. The summed E-state index contributed by atoms with van der Waals surface area (Å²) >= 11 is 5.81. The lowest BCUT2D eigenvalue weighted by Crippen LogP contribution is -1.97. The molecule has 3 aromatic rings. The largest absolute Gasteiger partial charge is 0.493 e. The number of nitrogen functional groups attached to an aromatic ring is 1. The second-order valence-electron chi connectivity index (χ2n) is 4.12. The average Bonchev–Trinajstić information content (AvgIpc) is 2.82. The van der Waals surface area contributed by atoms with Crippen LogP contribution in [0.5, 0.6) is 5.75 Å². The summed E-state index contributed by atoms with van der Waals surface area (Å²) in [5.74, 6) is 0.202. The Bertz CT molecular complexity index is 802.